The predicted molar refractivity (Wildman–Crippen MR) is 167 cm³/mol. The molecule has 2 aliphatic rings. The first-order valence-corrected chi connectivity index (χ1v) is 13.6. The molecule has 1 aliphatic heterocycles. The summed E-state index contributed by atoms with van der Waals surface area (Å²) in [6, 6.07) is 43.9. The standard InChI is InChI=1S/C36H29BN2/c1-26-18-20-27(21-19-26)28-22-24-31(25-23-28)39-35-17-8-7-14-33(35)34-16-9-15-32(29-10-5-6-11-29)36(34)37(39)38-30-12-3-2-4-13-30/h2-25,29,38H,1H3. The molecule has 5 aromatic carbocycles. The van der Waals surface area contributed by atoms with Crippen molar-refractivity contribution in [1.82, 2.24) is 0 Å². The Hall–Kier alpha value is -4.76. The molecule has 3 heteroatoms. The van der Waals surface area contributed by atoms with E-state index in [1.807, 2.05) is 0 Å². The summed E-state index contributed by atoms with van der Waals surface area (Å²) < 4.78 is 0. The maximum absolute atomic E-state index is 3.92. The fraction of sp³-hybridized carbons (Fsp3) is 0.0556. The van der Waals surface area contributed by atoms with Gasteiger partial charge in [-0.05, 0) is 65.0 Å². The van der Waals surface area contributed by atoms with Crippen molar-refractivity contribution >= 4 is 29.5 Å². The van der Waals surface area contributed by atoms with Gasteiger partial charge in [0.2, 0.25) is 0 Å². The van der Waals surface area contributed by atoms with E-state index in [1.54, 1.807) is 0 Å². The van der Waals surface area contributed by atoms with Gasteiger partial charge in [0.15, 0.2) is 0 Å². The summed E-state index contributed by atoms with van der Waals surface area (Å²) in [7, 11) is 0. The summed E-state index contributed by atoms with van der Waals surface area (Å²) in [5, 5.41) is 3.92. The minimum Gasteiger partial charge on any atom is -0.405 e. The zero-order valence-electron chi connectivity index (χ0n) is 22.0. The summed E-state index contributed by atoms with van der Waals surface area (Å²) in [6.45, 7) is 2.05. The fourth-order valence-electron chi connectivity index (χ4n) is 5.91. The Morgan fingerprint density at radius 3 is 2.00 bits per heavy atom. The number of benzene rings is 5. The van der Waals surface area contributed by atoms with E-state index in [9.17, 15) is 0 Å². The number of fused-ring (bicyclic) bond motifs is 3. The minimum absolute atomic E-state index is 0.0823. The molecule has 0 saturated heterocycles. The maximum atomic E-state index is 3.92. The summed E-state index contributed by atoms with van der Waals surface area (Å²) in [4.78, 5) is 2.47. The first-order chi connectivity index (χ1) is 19.3. The van der Waals surface area contributed by atoms with Crippen LogP contribution in [0.15, 0.2) is 146 Å². The molecule has 0 aromatic heterocycles. The number of allylic oxidation sites excluding steroid dienone is 4. The Bertz CT molecular complexity index is 1670. The van der Waals surface area contributed by atoms with Gasteiger partial charge in [-0.15, -0.1) is 0 Å². The summed E-state index contributed by atoms with van der Waals surface area (Å²) >= 11 is 0. The Kier molecular flexibility index (Phi) is 5.90. The molecule has 1 aliphatic carbocycles. The fourth-order valence-corrected chi connectivity index (χ4v) is 5.91. The van der Waals surface area contributed by atoms with Gasteiger partial charge < -0.3 is 10.0 Å². The third-order valence-corrected chi connectivity index (χ3v) is 7.84. The molecule has 0 fully saturated rings. The Morgan fingerprint density at radius 1 is 0.615 bits per heavy atom. The Labute approximate surface area is 231 Å². The largest absolute Gasteiger partial charge is 0.414 e. The van der Waals surface area contributed by atoms with E-state index >= 15 is 0 Å². The van der Waals surface area contributed by atoms with Gasteiger partial charge in [0, 0.05) is 28.5 Å². The lowest BCUT2D eigenvalue weighted by atomic mass is 9.57. The number of nitrogens with one attached hydrogen (secondary N) is 1. The summed E-state index contributed by atoms with van der Waals surface area (Å²) in [6.07, 6.45) is 8.89. The third-order valence-electron chi connectivity index (χ3n) is 7.84. The SMILES string of the molecule is Cc1ccc(-c2ccc(N3B(Nc4ccccc4)c4c(cccc4C4C=CC=C4)-c4ccccc43)cc2)cc1. The van der Waals surface area contributed by atoms with Crippen LogP contribution in [0.5, 0.6) is 0 Å². The minimum atomic E-state index is -0.0823. The lowest BCUT2D eigenvalue weighted by molar-refractivity contribution is 1.11. The van der Waals surface area contributed by atoms with Crippen LogP contribution in [-0.4, -0.2) is 6.98 Å². The van der Waals surface area contributed by atoms with E-state index < -0.39 is 0 Å². The lowest BCUT2D eigenvalue weighted by Gasteiger charge is -2.40. The van der Waals surface area contributed by atoms with Crippen LogP contribution >= 0.6 is 0 Å². The number of para-hydroxylation sites is 2. The van der Waals surface area contributed by atoms with E-state index in [0.29, 0.717) is 0 Å². The van der Waals surface area contributed by atoms with Crippen LogP contribution in [0.3, 0.4) is 0 Å². The van der Waals surface area contributed by atoms with Crippen molar-refractivity contribution in [1.29, 1.82) is 0 Å². The van der Waals surface area contributed by atoms with Crippen LogP contribution in [0.4, 0.5) is 17.1 Å². The molecule has 186 valence electrons. The van der Waals surface area contributed by atoms with Crippen molar-refractivity contribution in [3.05, 3.63) is 157 Å². The van der Waals surface area contributed by atoms with E-state index in [4.69, 9.17) is 0 Å². The van der Waals surface area contributed by atoms with Crippen LogP contribution in [0.1, 0.15) is 17.0 Å². The number of hydrogen-bond acceptors (Lipinski definition) is 2. The van der Waals surface area contributed by atoms with Crippen LogP contribution in [0.25, 0.3) is 22.3 Å². The molecule has 0 unspecified atom stereocenters. The molecule has 0 radical (unpaired) electrons. The van der Waals surface area contributed by atoms with Crippen molar-refractivity contribution < 1.29 is 0 Å². The molecule has 39 heavy (non-hydrogen) atoms. The van der Waals surface area contributed by atoms with Gasteiger partial charge in [0.25, 0.3) is 0 Å². The zero-order valence-corrected chi connectivity index (χ0v) is 22.0. The first kappa shape index (κ1) is 23.4. The number of nitrogens with zero attached hydrogens (tertiary/aromatic N) is 1. The number of hydrogen-bond donors (Lipinski definition) is 1. The number of anilines is 3. The molecule has 0 atom stereocenters. The van der Waals surface area contributed by atoms with Gasteiger partial charge in [0.1, 0.15) is 0 Å². The molecule has 0 saturated carbocycles. The topological polar surface area (TPSA) is 15.3 Å². The summed E-state index contributed by atoms with van der Waals surface area (Å²) in [5.74, 6) is 0.260. The van der Waals surface area contributed by atoms with Gasteiger partial charge in [-0.25, -0.2) is 0 Å². The second-order valence-corrected chi connectivity index (χ2v) is 10.3. The first-order valence-electron chi connectivity index (χ1n) is 13.6. The predicted octanol–water partition coefficient (Wildman–Crippen LogP) is 8.50. The van der Waals surface area contributed by atoms with Gasteiger partial charge >= 0.3 is 6.98 Å². The van der Waals surface area contributed by atoms with E-state index in [2.05, 4.69) is 163 Å². The van der Waals surface area contributed by atoms with Crippen molar-refractivity contribution in [3.8, 4) is 22.3 Å². The van der Waals surface area contributed by atoms with Crippen LogP contribution in [0, 0.1) is 6.92 Å². The van der Waals surface area contributed by atoms with Crippen molar-refractivity contribution in [2.45, 2.75) is 12.8 Å². The Morgan fingerprint density at radius 2 is 1.26 bits per heavy atom. The quantitative estimate of drug-likeness (QED) is 0.244. The monoisotopic (exact) mass is 500 g/mol. The van der Waals surface area contributed by atoms with Crippen molar-refractivity contribution in [2.24, 2.45) is 0 Å². The van der Waals surface area contributed by atoms with E-state index in [-0.39, 0.29) is 12.9 Å². The van der Waals surface area contributed by atoms with Crippen LogP contribution in [-0.2, 0) is 0 Å². The average Bonchev–Trinajstić information content (AvgIpc) is 3.53. The molecule has 1 heterocycles. The zero-order chi connectivity index (χ0) is 26.2. The molecular formula is C36H29BN2. The highest BCUT2D eigenvalue weighted by Crippen LogP contribution is 2.41. The Balaban J connectivity index is 1.41. The number of aryl methyl sites for hydroxylation is 1. The molecule has 0 spiro atoms. The third kappa shape index (κ3) is 4.26. The normalized spacial score (nSPS) is 13.9. The van der Waals surface area contributed by atoms with Gasteiger partial charge in [-0.2, -0.15) is 0 Å². The number of rotatable bonds is 5. The molecule has 1 N–H and O–H groups in total. The summed E-state index contributed by atoms with van der Waals surface area (Å²) in [5.41, 5.74) is 12.4. The smallest absolute Gasteiger partial charge is 0.405 e. The van der Waals surface area contributed by atoms with Crippen molar-refractivity contribution in [2.75, 3.05) is 10.0 Å². The molecule has 5 aromatic rings. The highest BCUT2D eigenvalue weighted by molar-refractivity contribution is 6.83. The molecular weight excluding hydrogens is 471 g/mol. The van der Waals surface area contributed by atoms with Crippen LogP contribution in [0.2, 0.25) is 0 Å². The van der Waals surface area contributed by atoms with Crippen LogP contribution < -0.4 is 15.5 Å². The average molecular weight is 500 g/mol. The second-order valence-electron chi connectivity index (χ2n) is 10.3. The van der Waals surface area contributed by atoms with Gasteiger partial charge in [0.05, 0.1) is 0 Å². The van der Waals surface area contributed by atoms with E-state index in [1.165, 1.54) is 44.5 Å². The molecule has 0 bridgehead atoms. The van der Waals surface area contributed by atoms with Gasteiger partial charge in [-0.1, -0.05) is 121 Å². The van der Waals surface area contributed by atoms with Gasteiger partial charge in [-0.3, -0.25) is 0 Å². The highest BCUT2D eigenvalue weighted by atomic mass is 15.2. The highest BCUT2D eigenvalue weighted by Gasteiger charge is 2.39. The maximum Gasteiger partial charge on any atom is 0.414 e. The molecule has 0 amide bonds. The molecule has 7 rings (SSSR count). The van der Waals surface area contributed by atoms with E-state index in [0.717, 1.165) is 11.4 Å². The lowest BCUT2D eigenvalue weighted by Crippen LogP contribution is -2.56. The molecule has 2 nitrogen and oxygen atoms in total. The second kappa shape index (κ2) is 9.85. The van der Waals surface area contributed by atoms with Crippen molar-refractivity contribution in [3.63, 3.8) is 0 Å².